The maximum atomic E-state index is 5.48. The third-order valence-corrected chi connectivity index (χ3v) is 2.71. The van der Waals surface area contributed by atoms with Gasteiger partial charge in [-0.3, -0.25) is 4.99 Å². The predicted molar refractivity (Wildman–Crippen MR) is 82.3 cm³/mol. The molecule has 0 aliphatic rings. The van der Waals surface area contributed by atoms with E-state index >= 15 is 0 Å². The number of aliphatic imine (C=N–C) groups is 1. The lowest BCUT2D eigenvalue weighted by molar-refractivity contribution is 0.195. The quantitative estimate of drug-likeness (QED) is 0.433. The van der Waals surface area contributed by atoms with Crippen molar-refractivity contribution in [3.63, 3.8) is 0 Å². The van der Waals surface area contributed by atoms with Crippen LogP contribution < -0.4 is 15.4 Å². The van der Waals surface area contributed by atoms with Gasteiger partial charge in [-0.25, -0.2) is 0 Å². The Morgan fingerprint density at radius 2 is 2.15 bits per heavy atom. The van der Waals surface area contributed by atoms with Crippen LogP contribution in [0.1, 0.15) is 18.9 Å². The van der Waals surface area contributed by atoms with Crippen molar-refractivity contribution < 1.29 is 9.47 Å². The first-order valence-electron chi connectivity index (χ1n) is 6.95. The molecular formula is C15H25N3O2. The zero-order chi connectivity index (χ0) is 14.6. The molecule has 0 spiro atoms. The van der Waals surface area contributed by atoms with E-state index in [-0.39, 0.29) is 0 Å². The Hall–Kier alpha value is -1.75. The summed E-state index contributed by atoms with van der Waals surface area (Å²) in [7, 11) is 3.47. The molecule has 0 saturated heterocycles. The highest BCUT2D eigenvalue weighted by molar-refractivity contribution is 5.79. The van der Waals surface area contributed by atoms with Crippen LogP contribution in [0.4, 0.5) is 0 Å². The number of nitrogens with zero attached hydrogens (tertiary/aromatic N) is 1. The minimum absolute atomic E-state index is 0.680. The fourth-order valence-corrected chi connectivity index (χ4v) is 1.74. The van der Waals surface area contributed by atoms with E-state index in [1.807, 2.05) is 25.1 Å². The van der Waals surface area contributed by atoms with Crippen LogP contribution in [-0.4, -0.2) is 39.9 Å². The molecule has 0 atom stereocenters. The smallest absolute Gasteiger partial charge is 0.191 e. The van der Waals surface area contributed by atoms with E-state index < -0.39 is 0 Å². The summed E-state index contributed by atoms with van der Waals surface area (Å²) in [5.74, 6) is 1.69. The zero-order valence-electron chi connectivity index (χ0n) is 12.6. The molecule has 20 heavy (non-hydrogen) atoms. The molecule has 0 saturated carbocycles. The van der Waals surface area contributed by atoms with Crippen LogP contribution in [0.3, 0.4) is 0 Å². The molecule has 0 bridgehead atoms. The van der Waals surface area contributed by atoms with Crippen LogP contribution in [0.5, 0.6) is 5.75 Å². The Labute approximate surface area is 121 Å². The summed E-state index contributed by atoms with van der Waals surface area (Å²) in [6, 6.07) is 8.06. The van der Waals surface area contributed by atoms with E-state index in [1.165, 1.54) is 0 Å². The summed E-state index contributed by atoms with van der Waals surface area (Å²) in [4.78, 5) is 4.18. The Kier molecular flexibility index (Phi) is 8.22. The average molecular weight is 279 g/mol. The van der Waals surface area contributed by atoms with Crippen molar-refractivity contribution in [3.05, 3.63) is 29.8 Å². The molecule has 0 aliphatic heterocycles. The van der Waals surface area contributed by atoms with E-state index in [9.17, 15) is 0 Å². The van der Waals surface area contributed by atoms with E-state index in [2.05, 4.69) is 21.7 Å². The number of rotatable bonds is 8. The topological polar surface area (TPSA) is 54.9 Å². The molecule has 112 valence electrons. The highest BCUT2D eigenvalue weighted by atomic mass is 16.5. The summed E-state index contributed by atoms with van der Waals surface area (Å²) in [6.07, 6.45) is 0.955. The minimum Gasteiger partial charge on any atom is -0.494 e. The van der Waals surface area contributed by atoms with Gasteiger partial charge in [0.05, 0.1) is 6.61 Å². The minimum atomic E-state index is 0.680. The molecule has 0 radical (unpaired) electrons. The fourth-order valence-electron chi connectivity index (χ4n) is 1.74. The molecule has 5 heteroatoms. The largest absolute Gasteiger partial charge is 0.494 e. The number of guanidine groups is 1. The first-order chi connectivity index (χ1) is 9.80. The van der Waals surface area contributed by atoms with Crippen LogP contribution in [0.25, 0.3) is 0 Å². The van der Waals surface area contributed by atoms with E-state index in [4.69, 9.17) is 9.47 Å². The van der Waals surface area contributed by atoms with Crippen molar-refractivity contribution >= 4 is 5.96 Å². The number of hydrogen-bond acceptors (Lipinski definition) is 3. The number of benzene rings is 1. The van der Waals surface area contributed by atoms with Gasteiger partial charge in [-0.05, 0) is 31.0 Å². The van der Waals surface area contributed by atoms with Gasteiger partial charge in [0.1, 0.15) is 5.75 Å². The van der Waals surface area contributed by atoms with Crippen LogP contribution in [0, 0.1) is 0 Å². The number of ether oxygens (including phenoxy) is 2. The number of hydrogen-bond donors (Lipinski definition) is 2. The molecule has 0 aromatic heterocycles. The van der Waals surface area contributed by atoms with Crippen molar-refractivity contribution in [2.24, 2.45) is 4.99 Å². The van der Waals surface area contributed by atoms with Crippen LogP contribution in [-0.2, 0) is 11.3 Å². The van der Waals surface area contributed by atoms with E-state index in [0.29, 0.717) is 13.2 Å². The van der Waals surface area contributed by atoms with Gasteiger partial charge in [0, 0.05) is 33.9 Å². The lowest BCUT2D eigenvalue weighted by atomic mass is 10.2. The van der Waals surface area contributed by atoms with Gasteiger partial charge in [0.25, 0.3) is 0 Å². The molecular weight excluding hydrogens is 254 g/mol. The van der Waals surface area contributed by atoms with Crippen LogP contribution >= 0.6 is 0 Å². The van der Waals surface area contributed by atoms with Crippen molar-refractivity contribution in [1.29, 1.82) is 0 Å². The summed E-state index contributed by atoms with van der Waals surface area (Å²) >= 11 is 0. The van der Waals surface area contributed by atoms with Gasteiger partial charge in [0.2, 0.25) is 0 Å². The maximum Gasteiger partial charge on any atom is 0.191 e. The molecule has 2 N–H and O–H groups in total. The molecule has 1 rings (SSSR count). The molecule has 0 aliphatic carbocycles. The van der Waals surface area contributed by atoms with Crippen LogP contribution in [0.15, 0.2) is 29.3 Å². The average Bonchev–Trinajstić information content (AvgIpc) is 2.47. The maximum absolute atomic E-state index is 5.48. The second-order valence-electron chi connectivity index (χ2n) is 4.28. The monoisotopic (exact) mass is 279 g/mol. The Morgan fingerprint density at radius 1 is 1.30 bits per heavy atom. The van der Waals surface area contributed by atoms with Crippen molar-refractivity contribution in [2.45, 2.75) is 19.9 Å². The summed E-state index contributed by atoms with van der Waals surface area (Å²) in [5, 5.41) is 6.52. The van der Waals surface area contributed by atoms with Crippen molar-refractivity contribution in [2.75, 3.05) is 33.9 Å². The highest BCUT2D eigenvalue weighted by Crippen LogP contribution is 2.12. The number of nitrogens with one attached hydrogen (secondary N) is 2. The SMILES string of the molecule is CCOc1cccc(CNC(=NC)NCCCOC)c1. The summed E-state index contributed by atoms with van der Waals surface area (Å²) in [6.45, 7) is 4.97. The molecule has 0 unspecified atom stereocenters. The highest BCUT2D eigenvalue weighted by Gasteiger charge is 1.99. The van der Waals surface area contributed by atoms with Crippen molar-refractivity contribution in [3.8, 4) is 5.75 Å². The molecule has 0 heterocycles. The third-order valence-electron chi connectivity index (χ3n) is 2.71. The molecule has 0 amide bonds. The Morgan fingerprint density at radius 3 is 2.85 bits per heavy atom. The third kappa shape index (κ3) is 6.43. The lowest BCUT2D eigenvalue weighted by Crippen LogP contribution is -2.37. The Balaban J connectivity index is 2.38. The molecule has 1 aromatic rings. The zero-order valence-corrected chi connectivity index (χ0v) is 12.6. The van der Waals surface area contributed by atoms with E-state index in [0.717, 1.165) is 36.8 Å². The molecule has 1 aromatic carbocycles. The van der Waals surface area contributed by atoms with Gasteiger partial charge in [-0.15, -0.1) is 0 Å². The Bertz CT molecular complexity index is 408. The van der Waals surface area contributed by atoms with Gasteiger partial charge < -0.3 is 20.1 Å². The summed E-state index contributed by atoms with van der Waals surface area (Å²) < 4.78 is 10.5. The normalized spacial score (nSPS) is 11.2. The van der Waals surface area contributed by atoms with Crippen molar-refractivity contribution in [1.82, 2.24) is 10.6 Å². The van der Waals surface area contributed by atoms with Gasteiger partial charge in [0.15, 0.2) is 5.96 Å². The van der Waals surface area contributed by atoms with Gasteiger partial charge >= 0.3 is 0 Å². The molecule has 0 fully saturated rings. The van der Waals surface area contributed by atoms with Gasteiger partial charge in [-0.2, -0.15) is 0 Å². The van der Waals surface area contributed by atoms with Gasteiger partial charge in [-0.1, -0.05) is 12.1 Å². The summed E-state index contributed by atoms with van der Waals surface area (Å²) in [5.41, 5.74) is 1.16. The van der Waals surface area contributed by atoms with Crippen LogP contribution in [0.2, 0.25) is 0 Å². The first-order valence-corrected chi connectivity index (χ1v) is 6.95. The first kappa shape index (κ1) is 16.3. The predicted octanol–water partition coefficient (Wildman–Crippen LogP) is 1.79. The fraction of sp³-hybridized carbons (Fsp3) is 0.533. The number of methoxy groups -OCH3 is 1. The standard InChI is InChI=1S/C15H25N3O2/c1-4-20-14-8-5-7-13(11-14)12-18-15(16-2)17-9-6-10-19-3/h5,7-8,11H,4,6,9-10,12H2,1-3H3,(H2,16,17,18). The van der Waals surface area contributed by atoms with E-state index in [1.54, 1.807) is 14.2 Å². The molecule has 5 nitrogen and oxygen atoms in total. The lowest BCUT2D eigenvalue weighted by Gasteiger charge is -2.12. The second-order valence-corrected chi connectivity index (χ2v) is 4.28. The second kappa shape index (κ2) is 10.1.